The molecule has 0 saturated carbocycles. The van der Waals surface area contributed by atoms with Crippen molar-refractivity contribution >= 4 is 38.4 Å². The van der Waals surface area contributed by atoms with E-state index < -0.39 is 29.3 Å². The first-order valence-corrected chi connectivity index (χ1v) is 12.9. The zero-order chi connectivity index (χ0) is 27.1. The van der Waals surface area contributed by atoms with Crippen LogP contribution in [0.5, 0.6) is 5.75 Å². The summed E-state index contributed by atoms with van der Waals surface area (Å²) >= 11 is 1.09. The van der Waals surface area contributed by atoms with Crippen LogP contribution in [0.15, 0.2) is 101 Å². The van der Waals surface area contributed by atoms with Crippen LogP contribution >= 0.6 is 11.3 Å². The van der Waals surface area contributed by atoms with Gasteiger partial charge in [0.1, 0.15) is 23.9 Å². The van der Waals surface area contributed by atoms with Crippen LogP contribution in [0.1, 0.15) is 33.5 Å². The molecule has 2 aromatic heterocycles. The van der Waals surface area contributed by atoms with Gasteiger partial charge in [0.25, 0.3) is 5.91 Å². The zero-order valence-corrected chi connectivity index (χ0v) is 21.4. The molecule has 0 fully saturated rings. The third-order valence-corrected chi connectivity index (χ3v) is 7.40. The van der Waals surface area contributed by atoms with Gasteiger partial charge in [0.05, 0.1) is 21.8 Å². The lowest BCUT2D eigenvalue weighted by molar-refractivity contribution is -0.117. The highest BCUT2D eigenvalue weighted by Crippen LogP contribution is 2.45. The second-order valence-electron chi connectivity index (χ2n) is 9.03. The smallest absolute Gasteiger partial charge is 0.296 e. The number of aliphatic hydroxyl groups is 1. The molecule has 0 aliphatic carbocycles. The predicted molar refractivity (Wildman–Crippen MR) is 144 cm³/mol. The van der Waals surface area contributed by atoms with Crippen LogP contribution in [-0.4, -0.2) is 21.8 Å². The minimum absolute atomic E-state index is 0.00319. The van der Waals surface area contributed by atoms with Crippen molar-refractivity contribution in [1.82, 2.24) is 4.98 Å². The van der Waals surface area contributed by atoms with Crippen LogP contribution < -0.4 is 9.64 Å². The topological polar surface area (TPSA) is 92.9 Å². The summed E-state index contributed by atoms with van der Waals surface area (Å²) < 4.78 is 25.9. The molecule has 7 nitrogen and oxygen atoms in total. The summed E-state index contributed by atoms with van der Waals surface area (Å²) in [6.07, 6.45) is 0. The number of rotatable bonds is 7. The number of hydrogen-bond acceptors (Lipinski definition) is 7. The van der Waals surface area contributed by atoms with Gasteiger partial charge in [0.2, 0.25) is 5.78 Å². The van der Waals surface area contributed by atoms with E-state index in [4.69, 9.17) is 9.15 Å². The number of thiazole rings is 1. The quantitative estimate of drug-likeness (QED) is 0.231. The number of ether oxygens (including phenoxy) is 1. The lowest BCUT2D eigenvalue weighted by Gasteiger charge is -2.24. The van der Waals surface area contributed by atoms with E-state index in [0.29, 0.717) is 33.9 Å². The molecule has 39 heavy (non-hydrogen) atoms. The number of carbonyl (C=O) groups excluding carboxylic acids is 2. The van der Waals surface area contributed by atoms with E-state index >= 15 is 0 Å². The van der Waals surface area contributed by atoms with Gasteiger partial charge in [0, 0.05) is 0 Å². The summed E-state index contributed by atoms with van der Waals surface area (Å²) in [5.41, 5.74) is 1.85. The van der Waals surface area contributed by atoms with Gasteiger partial charge in [0.15, 0.2) is 16.7 Å². The molecule has 5 aromatic rings. The molecule has 1 atom stereocenters. The van der Waals surface area contributed by atoms with Gasteiger partial charge in [-0.3, -0.25) is 14.5 Å². The Morgan fingerprint density at radius 3 is 2.67 bits per heavy atom. The molecule has 1 aliphatic rings. The first-order chi connectivity index (χ1) is 18.9. The van der Waals surface area contributed by atoms with E-state index in [9.17, 15) is 19.1 Å². The molecular weight excluding hydrogens is 519 g/mol. The Morgan fingerprint density at radius 1 is 1.08 bits per heavy atom. The van der Waals surface area contributed by atoms with E-state index in [1.165, 1.54) is 29.2 Å². The summed E-state index contributed by atoms with van der Waals surface area (Å²) in [6.45, 7) is 2.02. The number of anilines is 1. The van der Waals surface area contributed by atoms with Gasteiger partial charge >= 0.3 is 0 Å². The van der Waals surface area contributed by atoms with Crippen LogP contribution in [0.2, 0.25) is 0 Å². The first kappa shape index (κ1) is 24.6. The van der Waals surface area contributed by atoms with Crippen molar-refractivity contribution in [3.8, 4) is 5.75 Å². The van der Waals surface area contributed by atoms with Gasteiger partial charge in [-0.1, -0.05) is 53.8 Å². The molecule has 0 spiro atoms. The zero-order valence-electron chi connectivity index (χ0n) is 20.6. The maximum absolute atomic E-state index is 13.9. The maximum Gasteiger partial charge on any atom is 0.296 e. The van der Waals surface area contributed by atoms with Crippen LogP contribution in [0, 0.1) is 12.7 Å². The monoisotopic (exact) mass is 540 g/mol. The number of benzene rings is 3. The Labute approximate surface area is 226 Å². The maximum atomic E-state index is 13.9. The number of halogens is 1. The molecule has 9 heteroatoms. The lowest BCUT2D eigenvalue weighted by Crippen LogP contribution is -2.31. The Morgan fingerprint density at radius 2 is 1.90 bits per heavy atom. The average molecular weight is 541 g/mol. The second kappa shape index (κ2) is 9.85. The summed E-state index contributed by atoms with van der Waals surface area (Å²) in [6, 6.07) is 22.9. The van der Waals surface area contributed by atoms with E-state index in [-0.39, 0.29) is 16.5 Å². The van der Waals surface area contributed by atoms with Gasteiger partial charge < -0.3 is 14.3 Å². The fourth-order valence-electron chi connectivity index (χ4n) is 4.54. The lowest BCUT2D eigenvalue weighted by atomic mass is 9.95. The number of aliphatic hydroxyl groups excluding tert-OH is 1. The number of Topliss-reactive ketones (excluding diaryl/α,β-unsaturated/α-hetero) is 1. The molecule has 0 bridgehead atoms. The highest BCUT2D eigenvalue weighted by Gasteiger charge is 2.46. The van der Waals surface area contributed by atoms with Crippen LogP contribution in [0.4, 0.5) is 9.52 Å². The molecule has 6 rings (SSSR count). The van der Waals surface area contributed by atoms with Crippen molar-refractivity contribution in [3.63, 3.8) is 0 Å². The Hall–Kier alpha value is -4.76. The van der Waals surface area contributed by atoms with Crippen LogP contribution in [0.3, 0.4) is 0 Å². The third kappa shape index (κ3) is 4.57. The highest BCUT2D eigenvalue weighted by atomic mass is 32.1. The summed E-state index contributed by atoms with van der Waals surface area (Å²) in [4.78, 5) is 32.9. The van der Waals surface area contributed by atoms with Gasteiger partial charge in [-0.15, -0.1) is 0 Å². The van der Waals surface area contributed by atoms with Gasteiger partial charge in [-0.05, 0) is 60.5 Å². The van der Waals surface area contributed by atoms with Crippen molar-refractivity contribution in [2.45, 2.75) is 19.6 Å². The molecule has 194 valence electrons. The Kier molecular flexibility index (Phi) is 6.20. The third-order valence-electron chi connectivity index (χ3n) is 6.38. The summed E-state index contributed by atoms with van der Waals surface area (Å²) in [5, 5.41) is 11.2. The van der Waals surface area contributed by atoms with Crippen molar-refractivity contribution < 1.29 is 28.2 Å². The molecule has 1 N–H and O–H groups in total. The predicted octanol–water partition coefficient (Wildman–Crippen LogP) is 6.70. The summed E-state index contributed by atoms with van der Waals surface area (Å²) in [7, 11) is 0. The number of amides is 1. The van der Waals surface area contributed by atoms with E-state index in [1.807, 2.05) is 30.3 Å². The number of aromatic nitrogens is 1. The highest BCUT2D eigenvalue weighted by molar-refractivity contribution is 7.22. The number of carbonyl (C=O) groups is 2. The second-order valence-corrected chi connectivity index (χ2v) is 10.0. The number of ketones is 1. The Balaban J connectivity index is 1.44. The number of nitrogens with zero attached hydrogens (tertiary/aromatic N) is 2. The number of hydrogen-bond donors (Lipinski definition) is 1. The molecular formula is C30H21FN2O5S. The van der Waals surface area contributed by atoms with Crippen molar-refractivity contribution in [1.29, 1.82) is 0 Å². The molecule has 1 amide bonds. The van der Waals surface area contributed by atoms with Gasteiger partial charge in [-0.25, -0.2) is 9.37 Å². The van der Waals surface area contributed by atoms with Crippen LogP contribution in [0.25, 0.3) is 10.2 Å². The first-order valence-electron chi connectivity index (χ1n) is 12.1. The fourth-order valence-corrected chi connectivity index (χ4v) is 5.56. The number of fused-ring (bicyclic) bond motifs is 1. The SMILES string of the molecule is Cc1ccc(C(=O)C2=C(O)C(=O)N(c3nc4ccc(F)cc4s3)C2c2cccc(OCc3ccccc3)c2)o1. The number of aryl methyl sites for hydroxylation is 1. The summed E-state index contributed by atoms with van der Waals surface area (Å²) in [5.74, 6) is -1.51. The fraction of sp³-hybridized carbons (Fsp3) is 0.100. The van der Waals surface area contributed by atoms with Crippen LogP contribution in [-0.2, 0) is 11.4 Å². The minimum atomic E-state index is -1.03. The van der Waals surface area contributed by atoms with Crippen molar-refractivity contribution in [2.75, 3.05) is 4.90 Å². The van der Waals surface area contributed by atoms with Crippen molar-refractivity contribution in [2.24, 2.45) is 0 Å². The largest absolute Gasteiger partial charge is 0.503 e. The van der Waals surface area contributed by atoms with E-state index in [1.54, 1.807) is 37.3 Å². The minimum Gasteiger partial charge on any atom is -0.503 e. The van der Waals surface area contributed by atoms with Crippen molar-refractivity contribution in [3.05, 3.63) is 125 Å². The normalized spacial score (nSPS) is 15.4. The standard InChI is InChI=1S/C30H21FN2O5S/c1-17-10-13-23(38-17)27(34)25-26(19-8-5-9-21(14-19)37-16-18-6-3-2-4-7-18)33(29(36)28(25)35)30-32-22-12-11-20(31)15-24(22)39-30/h2-15,26,35H,16H2,1H3. The number of furan rings is 1. The molecule has 3 heterocycles. The average Bonchev–Trinajstić information content (AvgIpc) is 3.63. The molecule has 3 aromatic carbocycles. The molecule has 0 radical (unpaired) electrons. The Bertz CT molecular complexity index is 1760. The molecule has 0 saturated heterocycles. The van der Waals surface area contributed by atoms with E-state index in [2.05, 4.69) is 4.98 Å². The van der Waals surface area contributed by atoms with E-state index in [0.717, 1.165) is 16.9 Å². The van der Waals surface area contributed by atoms with Gasteiger partial charge in [-0.2, -0.15) is 0 Å². The molecule has 1 unspecified atom stereocenters. The molecule has 1 aliphatic heterocycles.